The first kappa shape index (κ1) is 10.6. The summed E-state index contributed by atoms with van der Waals surface area (Å²) in [5.41, 5.74) is 1.46. The van der Waals surface area contributed by atoms with E-state index in [9.17, 15) is 8.42 Å². The quantitative estimate of drug-likeness (QED) is 0.687. The Morgan fingerprint density at radius 3 is 2.41 bits per heavy atom. The lowest BCUT2D eigenvalue weighted by atomic mass is 10.1. The van der Waals surface area contributed by atoms with Crippen LogP contribution in [0.5, 0.6) is 0 Å². The Bertz CT molecular complexity index is 821. The second-order valence-electron chi connectivity index (χ2n) is 3.79. The first-order valence-electron chi connectivity index (χ1n) is 5.01. The summed E-state index contributed by atoms with van der Waals surface area (Å²) in [7, 11) is 1.68. The van der Waals surface area contributed by atoms with Gasteiger partial charge in [0.2, 0.25) is 0 Å². The highest BCUT2D eigenvalue weighted by Gasteiger charge is 2.16. The van der Waals surface area contributed by atoms with E-state index in [1.54, 1.807) is 6.07 Å². The van der Waals surface area contributed by atoms with E-state index >= 15 is 0 Å². The molecule has 0 fully saturated rings. The van der Waals surface area contributed by atoms with Gasteiger partial charge in [0.05, 0.1) is 5.52 Å². The van der Waals surface area contributed by atoms with Crippen molar-refractivity contribution in [3.05, 3.63) is 42.5 Å². The summed E-state index contributed by atoms with van der Waals surface area (Å²) in [6.45, 7) is 0. The van der Waals surface area contributed by atoms with Crippen molar-refractivity contribution in [2.45, 2.75) is 4.90 Å². The molecule has 1 N–H and O–H groups in total. The average Bonchev–Trinajstić information content (AvgIpc) is 2.65. The van der Waals surface area contributed by atoms with Gasteiger partial charge in [0.15, 0.2) is 0 Å². The molecule has 0 radical (unpaired) electrons. The fourth-order valence-electron chi connectivity index (χ4n) is 2.05. The Hall–Kier alpha value is -1.52. The Balaban J connectivity index is 2.57. The molecule has 0 atom stereocenters. The maximum Gasteiger partial charge on any atom is 0.263 e. The summed E-state index contributed by atoms with van der Waals surface area (Å²) < 4.78 is 22.9. The van der Waals surface area contributed by atoms with Crippen molar-refractivity contribution >= 4 is 41.5 Å². The van der Waals surface area contributed by atoms with E-state index < -0.39 is 9.05 Å². The summed E-state index contributed by atoms with van der Waals surface area (Å²) in [4.78, 5) is 3.21. The van der Waals surface area contributed by atoms with Gasteiger partial charge in [-0.05, 0) is 12.1 Å². The molecule has 3 nitrogen and oxygen atoms in total. The zero-order valence-electron chi connectivity index (χ0n) is 8.64. The first-order valence-corrected chi connectivity index (χ1v) is 7.32. The molecule has 0 aliphatic carbocycles. The molecule has 0 unspecified atom stereocenters. The normalized spacial score (nSPS) is 12.3. The molecule has 3 aromatic rings. The molecule has 5 heteroatoms. The second kappa shape index (κ2) is 3.48. The number of H-pyrrole nitrogens is 1. The van der Waals surface area contributed by atoms with Gasteiger partial charge in [0.25, 0.3) is 9.05 Å². The van der Waals surface area contributed by atoms with E-state index in [1.807, 2.05) is 30.3 Å². The van der Waals surface area contributed by atoms with Crippen molar-refractivity contribution in [3.63, 3.8) is 0 Å². The number of para-hydroxylation sites is 2. The smallest absolute Gasteiger partial charge is 0.263 e. The topological polar surface area (TPSA) is 49.9 Å². The number of hydrogen-bond acceptors (Lipinski definition) is 2. The van der Waals surface area contributed by atoms with Gasteiger partial charge < -0.3 is 4.98 Å². The fourth-order valence-corrected chi connectivity index (χ4v) is 3.08. The molecule has 86 valence electrons. The van der Waals surface area contributed by atoms with Gasteiger partial charge in [0, 0.05) is 27.0 Å². The third-order valence-corrected chi connectivity index (χ3v) is 4.13. The van der Waals surface area contributed by atoms with Crippen LogP contribution < -0.4 is 0 Å². The first-order chi connectivity index (χ1) is 8.07. The van der Waals surface area contributed by atoms with E-state index in [0.717, 1.165) is 16.3 Å². The van der Waals surface area contributed by atoms with Crippen LogP contribution in [0, 0.1) is 0 Å². The maximum atomic E-state index is 11.5. The van der Waals surface area contributed by atoms with Crippen molar-refractivity contribution in [3.8, 4) is 0 Å². The highest BCUT2D eigenvalue weighted by atomic mass is 35.7. The zero-order valence-corrected chi connectivity index (χ0v) is 10.2. The monoisotopic (exact) mass is 265 g/mol. The van der Waals surface area contributed by atoms with E-state index in [1.165, 1.54) is 6.07 Å². The highest BCUT2D eigenvalue weighted by molar-refractivity contribution is 8.14. The molecule has 17 heavy (non-hydrogen) atoms. The SMILES string of the molecule is O=S(=O)(Cl)c1cccc2c1[nH]c1ccccc12. The average molecular weight is 266 g/mol. The van der Waals surface area contributed by atoms with Crippen molar-refractivity contribution < 1.29 is 8.42 Å². The van der Waals surface area contributed by atoms with Crippen LogP contribution in [0.1, 0.15) is 0 Å². The van der Waals surface area contributed by atoms with E-state index in [-0.39, 0.29) is 4.90 Å². The molecule has 0 bridgehead atoms. The molecule has 0 saturated heterocycles. The molecular formula is C12H8ClNO2S. The van der Waals surface area contributed by atoms with Gasteiger partial charge in [-0.1, -0.05) is 30.3 Å². The molecule has 0 aliphatic rings. The van der Waals surface area contributed by atoms with Gasteiger partial charge in [0.1, 0.15) is 4.90 Å². The lowest BCUT2D eigenvalue weighted by molar-refractivity contribution is 0.610. The van der Waals surface area contributed by atoms with Crippen LogP contribution in [0.25, 0.3) is 21.8 Å². The van der Waals surface area contributed by atoms with Crippen LogP contribution in [-0.2, 0) is 9.05 Å². The molecule has 0 spiro atoms. The Morgan fingerprint density at radius 2 is 1.65 bits per heavy atom. The van der Waals surface area contributed by atoms with Crippen molar-refractivity contribution in [2.75, 3.05) is 0 Å². The zero-order chi connectivity index (χ0) is 12.0. The minimum absolute atomic E-state index is 0.118. The Morgan fingerprint density at radius 1 is 0.941 bits per heavy atom. The minimum atomic E-state index is -3.74. The van der Waals surface area contributed by atoms with Crippen molar-refractivity contribution in [1.82, 2.24) is 4.98 Å². The molecule has 1 aromatic heterocycles. The Labute approximate surface area is 102 Å². The van der Waals surface area contributed by atoms with Crippen LogP contribution >= 0.6 is 10.7 Å². The predicted octanol–water partition coefficient (Wildman–Crippen LogP) is 3.25. The molecule has 0 aliphatic heterocycles. The summed E-state index contributed by atoms with van der Waals surface area (Å²) in [6.07, 6.45) is 0. The number of aromatic amines is 1. The number of aromatic nitrogens is 1. The van der Waals surface area contributed by atoms with Crippen LogP contribution in [0.4, 0.5) is 0 Å². The number of hydrogen-bond donors (Lipinski definition) is 1. The molecule has 0 saturated carbocycles. The lowest BCUT2D eigenvalue weighted by Gasteiger charge is -1.97. The summed E-state index contributed by atoms with van der Waals surface area (Å²) >= 11 is 0. The van der Waals surface area contributed by atoms with E-state index in [4.69, 9.17) is 10.7 Å². The van der Waals surface area contributed by atoms with Crippen molar-refractivity contribution in [1.29, 1.82) is 0 Å². The van der Waals surface area contributed by atoms with Gasteiger partial charge in [-0.3, -0.25) is 0 Å². The molecular weight excluding hydrogens is 258 g/mol. The third-order valence-electron chi connectivity index (χ3n) is 2.77. The lowest BCUT2D eigenvalue weighted by Crippen LogP contribution is -1.91. The maximum absolute atomic E-state index is 11.5. The third kappa shape index (κ3) is 1.61. The number of rotatable bonds is 1. The Kier molecular flexibility index (Phi) is 2.18. The standard InChI is InChI=1S/C12H8ClNO2S/c13-17(15,16)11-7-3-5-9-8-4-1-2-6-10(8)14-12(9)11/h1-7,14H. The number of fused-ring (bicyclic) bond motifs is 3. The van der Waals surface area contributed by atoms with Gasteiger partial charge in [-0.25, -0.2) is 8.42 Å². The largest absolute Gasteiger partial charge is 0.353 e. The van der Waals surface area contributed by atoms with Crippen LogP contribution in [0.3, 0.4) is 0 Å². The number of nitrogens with one attached hydrogen (secondary N) is 1. The predicted molar refractivity (Wildman–Crippen MR) is 68.8 cm³/mol. The van der Waals surface area contributed by atoms with Crippen LogP contribution in [0.15, 0.2) is 47.4 Å². The summed E-state index contributed by atoms with van der Waals surface area (Å²) in [6, 6.07) is 12.7. The van der Waals surface area contributed by atoms with E-state index in [0.29, 0.717) is 5.52 Å². The van der Waals surface area contributed by atoms with Crippen LogP contribution in [0.2, 0.25) is 0 Å². The van der Waals surface area contributed by atoms with Crippen molar-refractivity contribution in [2.24, 2.45) is 0 Å². The van der Waals surface area contributed by atoms with Gasteiger partial charge in [-0.2, -0.15) is 0 Å². The summed E-state index contributed by atoms with van der Waals surface area (Å²) in [5.74, 6) is 0. The molecule has 1 heterocycles. The van der Waals surface area contributed by atoms with Gasteiger partial charge in [-0.15, -0.1) is 0 Å². The minimum Gasteiger partial charge on any atom is -0.353 e. The fraction of sp³-hybridized carbons (Fsp3) is 0. The highest BCUT2D eigenvalue weighted by Crippen LogP contribution is 2.30. The molecule has 2 aromatic carbocycles. The van der Waals surface area contributed by atoms with Crippen LogP contribution in [-0.4, -0.2) is 13.4 Å². The van der Waals surface area contributed by atoms with Gasteiger partial charge >= 0.3 is 0 Å². The van der Waals surface area contributed by atoms with E-state index in [2.05, 4.69) is 4.98 Å². The molecule has 3 rings (SSSR count). The summed E-state index contributed by atoms with van der Waals surface area (Å²) in [5, 5.41) is 1.85. The molecule has 0 amide bonds. The second-order valence-corrected chi connectivity index (χ2v) is 6.32. The number of halogens is 1. The number of benzene rings is 2.